The molecule has 1 aromatic carbocycles. The summed E-state index contributed by atoms with van der Waals surface area (Å²) < 4.78 is 47.5. The van der Waals surface area contributed by atoms with Gasteiger partial charge in [0.15, 0.2) is 0 Å². The lowest BCUT2D eigenvalue weighted by Gasteiger charge is -2.36. The van der Waals surface area contributed by atoms with Crippen molar-refractivity contribution >= 4 is 21.6 Å². The second-order valence-corrected chi connectivity index (χ2v) is 10.3. The molecule has 1 saturated heterocycles. The van der Waals surface area contributed by atoms with Crippen LogP contribution in [0.2, 0.25) is 0 Å². The lowest BCUT2D eigenvalue weighted by atomic mass is 10.2. The Kier molecular flexibility index (Phi) is 6.76. The molecule has 0 bridgehead atoms. The molecular weight excluding hydrogens is 461 g/mol. The largest absolute Gasteiger partial charge is 0.468 e. The Labute approximate surface area is 198 Å². The molecule has 3 aromatic rings. The summed E-state index contributed by atoms with van der Waals surface area (Å²) in [5, 5.41) is 4.36. The average Bonchev–Trinajstić information content (AvgIpc) is 3.41. The Morgan fingerprint density at radius 1 is 1.12 bits per heavy atom. The van der Waals surface area contributed by atoms with E-state index in [0.29, 0.717) is 43.3 Å². The molecule has 0 saturated carbocycles. The Hall–Kier alpha value is -3.18. The predicted molar refractivity (Wildman–Crippen MR) is 124 cm³/mol. The van der Waals surface area contributed by atoms with E-state index in [4.69, 9.17) is 4.42 Å². The number of benzene rings is 1. The molecule has 0 radical (unpaired) electrons. The van der Waals surface area contributed by atoms with Gasteiger partial charge in [-0.25, -0.2) is 12.8 Å². The fourth-order valence-corrected chi connectivity index (χ4v) is 5.67. The number of halogens is 1. The normalized spacial score (nSPS) is 14.7. The van der Waals surface area contributed by atoms with E-state index in [1.807, 2.05) is 0 Å². The van der Waals surface area contributed by atoms with Crippen LogP contribution in [0.5, 0.6) is 0 Å². The van der Waals surface area contributed by atoms with Gasteiger partial charge < -0.3 is 14.2 Å². The standard InChI is InChI=1S/C23H28FN5O4S/c1-17-23(34(31,32)26(3)15-21-5-4-14-33-21)18(2)29(25-17)16-22(30)28-12-10-27(11-13-28)20-8-6-19(24)7-9-20/h4-9,14H,10-13,15-16H2,1-3H3. The van der Waals surface area contributed by atoms with Gasteiger partial charge in [-0.2, -0.15) is 9.40 Å². The molecule has 0 unspecified atom stereocenters. The molecule has 0 spiro atoms. The molecule has 34 heavy (non-hydrogen) atoms. The van der Waals surface area contributed by atoms with Gasteiger partial charge >= 0.3 is 0 Å². The maximum atomic E-state index is 13.2. The Balaban J connectivity index is 1.42. The summed E-state index contributed by atoms with van der Waals surface area (Å²) >= 11 is 0. The van der Waals surface area contributed by atoms with Crippen LogP contribution in [-0.4, -0.2) is 66.5 Å². The summed E-state index contributed by atoms with van der Waals surface area (Å²) in [6.45, 7) is 5.64. The molecule has 1 aliphatic rings. The van der Waals surface area contributed by atoms with Crippen LogP contribution in [0.25, 0.3) is 0 Å². The third-order valence-electron chi connectivity index (χ3n) is 6.05. The van der Waals surface area contributed by atoms with Crippen molar-refractivity contribution in [1.82, 2.24) is 19.0 Å². The number of hydrogen-bond donors (Lipinski definition) is 0. The Bertz CT molecular complexity index is 1250. The average molecular weight is 490 g/mol. The molecule has 9 nitrogen and oxygen atoms in total. The van der Waals surface area contributed by atoms with Crippen LogP contribution in [-0.2, 0) is 27.9 Å². The van der Waals surface area contributed by atoms with Gasteiger partial charge in [0.05, 0.1) is 24.2 Å². The van der Waals surface area contributed by atoms with Crippen molar-refractivity contribution in [1.29, 1.82) is 0 Å². The van der Waals surface area contributed by atoms with Crippen LogP contribution in [0.15, 0.2) is 52.0 Å². The van der Waals surface area contributed by atoms with Crippen molar-refractivity contribution in [3.63, 3.8) is 0 Å². The van der Waals surface area contributed by atoms with E-state index in [1.165, 1.54) is 34.4 Å². The fraction of sp³-hybridized carbons (Fsp3) is 0.391. The smallest absolute Gasteiger partial charge is 0.246 e. The number of carbonyl (C=O) groups is 1. The fourth-order valence-electron chi connectivity index (χ4n) is 4.16. The van der Waals surface area contributed by atoms with Gasteiger partial charge in [0.2, 0.25) is 15.9 Å². The summed E-state index contributed by atoms with van der Waals surface area (Å²) in [7, 11) is -2.34. The Morgan fingerprint density at radius 2 is 1.79 bits per heavy atom. The maximum absolute atomic E-state index is 13.2. The first kappa shape index (κ1) is 24.0. The van der Waals surface area contributed by atoms with E-state index < -0.39 is 10.0 Å². The molecule has 182 valence electrons. The van der Waals surface area contributed by atoms with Crippen LogP contribution in [0.1, 0.15) is 17.1 Å². The third kappa shape index (κ3) is 4.85. The number of aryl methyl sites for hydroxylation is 1. The molecule has 0 N–H and O–H groups in total. The molecule has 0 atom stereocenters. The molecule has 1 amide bonds. The summed E-state index contributed by atoms with van der Waals surface area (Å²) in [6.07, 6.45) is 1.50. The molecular formula is C23H28FN5O4S. The van der Waals surface area contributed by atoms with Gasteiger partial charge in [-0.1, -0.05) is 0 Å². The molecule has 2 aromatic heterocycles. The molecule has 11 heteroatoms. The second-order valence-electron chi connectivity index (χ2n) is 8.34. The van der Waals surface area contributed by atoms with Crippen molar-refractivity contribution < 1.29 is 22.0 Å². The number of carbonyl (C=O) groups excluding carboxylic acids is 1. The Morgan fingerprint density at radius 3 is 2.41 bits per heavy atom. The van der Waals surface area contributed by atoms with Crippen LogP contribution < -0.4 is 4.90 Å². The number of sulfonamides is 1. The molecule has 0 aliphatic carbocycles. The van der Waals surface area contributed by atoms with Crippen LogP contribution in [0.4, 0.5) is 10.1 Å². The monoisotopic (exact) mass is 489 g/mol. The molecule has 3 heterocycles. The van der Waals surface area contributed by atoms with Gasteiger partial charge in [0.1, 0.15) is 23.0 Å². The SMILES string of the molecule is Cc1nn(CC(=O)N2CCN(c3ccc(F)cc3)CC2)c(C)c1S(=O)(=O)N(C)Cc1ccco1. The van der Waals surface area contributed by atoms with Crippen LogP contribution in [0, 0.1) is 19.7 Å². The highest BCUT2D eigenvalue weighted by Crippen LogP contribution is 2.24. The topological polar surface area (TPSA) is 91.9 Å². The highest BCUT2D eigenvalue weighted by atomic mass is 32.2. The van der Waals surface area contributed by atoms with E-state index in [9.17, 15) is 17.6 Å². The quantitative estimate of drug-likeness (QED) is 0.506. The van der Waals surface area contributed by atoms with Crippen molar-refractivity contribution in [3.8, 4) is 0 Å². The van der Waals surface area contributed by atoms with E-state index in [1.54, 1.807) is 43.0 Å². The van der Waals surface area contributed by atoms with Gasteiger partial charge in [0.25, 0.3) is 0 Å². The van der Waals surface area contributed by atoms with Crippen molar-refractivity contribution in [2.45, 2.75) is 31.8 Å². The summed E-state index contributed by atoms with van der Waals surface area (Å²) in [5.41, 5.74) is 1.68. The van der Waals surface area contributed by atoms with Crippen molar-refractivity contribution in [2.24, 2.45) is 0 Å². The zero-order chi connectivity index (χ0) is 24.5. The van der Waals surface area contributed by atoms with Gasteiger partial charge in [-0.05, 0) is 50.2 Å². The van der Waals surface area contributed by atoms with E-state index in [2.05, 4.69) is 10.00 Å². The zero-order valence-corrected chi connectivity index (χ0v) is 20.3. The van der Waals surface area contributed by atoms with Gasteiger partial charge in [-0.3, -0.25) is 9.48 Å². The van der Waals surface area contributed by atoms with Gasteiger partial charge in [0, 0.05) is 38.9 Å². The molecule has 1 aliphatic heterocycles. The number of piperazine rings is 1. The van der Waals surface area contributed by atoms with Crippen molar-refractivity contribution in [2.75, 3.05) is 38.1 Å². The maximum Gasteiger partial charge on any atom is 0.246 e. The minimum absolute atomic E-state index is 0.0410. The first-order valence-electron chi connectivity index (χ1n) is 11.0. The number of furan rings is 1. The third-order valence-corrected chi connectivity index (χ3v) is 8.11. The zero-order valence-electron chi connectivity index (χ0n) is 19.4. The van der Waals surface area contributed by atoms with E-state index >= 15 is 0 Å². The van der Waals surface area contributed by atoms with E-state index in [0.717, 1.165) is 5.69 Å². The number of rotatable bonds is 7. The van der Waals surface area contributed by atoms with Gasteiger partial charge in [-0.15, -0.1) is 0 Å². The molecule has 1 fully saturated rings. The summed E-state index contributed by atoms with van der Waals surface area (Å²) in [4.78, 5) is 16.9. The first-order valence-corrected chi connectivity index (χ1v) is 12.4. The lowest BCUT2D eigenvalue weighted by molar-refractivity contribution is -0.132. The highest BCUT2D eigenvalue weighted by molar-refractivity contribution is 7.89. The summed E-state index contributed by atoms with van der Waals surface area (Å²) in [6, 6.07) is 9.72. The second kappa shape index (κ2) is 9.59. The number of nitrogens with zero attached hydrogens (tertiary/aromatic N) is 5. The number of amides is 1. The van der Waals surface area contributed by atoms with Crippen molar-refractivity contribution in [3.05, 3.63) is 65.6 Å². The summed E-state index contributed by atoms with van der Waals surface area (Å²) in [5.74, 6) is 0.122. The predicted octanol–water partition coefficient (Wildman–Crippen LogP) is 2.40. The minimum Gasteiger partial charge on any atom is -0.468 e. The minimum atomic E-state index is -3.83. The number of anilines is 1. The number of aromatic nitrogens is 2. The van der Waals surface area contributed by atoms with Crippen LogP contribution in [0.3, 0.4) is 0 Å². The first-order chi connectivity index (χ1) is 16.2. The highest BCUT2D eigenvalue weighted by Gasteiger charge is 2.30. The van der Waals surface area contributed by atoms with E-state index in [-0.39, 0.29) is 29.7 Å². The molecule has 4 rings (SSSR count). The van der Waals surface area contributed by atoms with Crippen LogP contribution >= 0.6 is 0 Å². The lowest BCUT2D eigenvalue weighted by Crippen LogP contribution is -2.49. The number of hydrogen-bond acceptors (Lipinski definition) is 6.